The lowest BCUT2D eigenvalue weighted by molar-refractivity contribution is -0.132. The Labute approximate surface area is 439 Å². The zero-order valence-corrected chi connectivity index (χ0v) is 47.8. The van der Waals surface area contributed by atoms with E-state index in [9.17, 15) is 25.2 Å². The first kappa shape index (κ1) is 69.3. The van der Waals surface area contributed by atoms with Crippen LogP contribution in [0.1, 0.15) is 373 Å². The lowest BCUT2D eigenvalue weighted by Gasteiger charge is -2.27. The fourth-order valence-electron chi connectivity index (χ4n) is 10.8. The standard InChI is InChI=1S/C64H129NO5/c1-3-5-7-9-11-13-15-17-19-21-23-24-25-26-27-28-29-30-31-32-33-34-35-36-37-38-39-40-42-44-46-48-50-52-54-56-58-62(68)64(70)65-60(59-66)63(69)61(67)57-55-53-51-49-47-45-43-41-22-20-18-16-14-12-10-8-6-4-2/h60-63,66-69H,3-59H2,1-2H3,(H,65,70). The van der Waals surface area contributed by atoms with Gasteiger partial charge in [0.2, 0.25) is 5.91 Å². The molecule has 4 atom stereocenters. The number of aliphatic hydroxyl groups excluding tert-OH is 4. The number of carbonyl (C=O) groups excluding carboxylic acids is 1. The van der Waals surface area contributed by atoms with Crippen LogP contribution in [0.4, 0.5) is 0 Å². The van der Waals surface area contributed by atoms with Crippen molar-refractivity contribution in [2.45, 2.75) is 398 Å². The number of rotatable bonds is 61. The number of carbonyl (C=O) groups is 1. The molecule has 0 aliphatic heterocycles. The predicted molar refractivity (Wildman–Crippen MR) is 307 cm³/mol. The number of hydrogen-bond donors (Lipinski definition) is 5. The lowest BCUT2D eigenvalue weighted by Crippen LogP contribution is -2.53. The minimum absolute atomic E-state index is 0.377. The van der Waals surface area contributed by atoms with E-state index in [1.807, 2.05) is 0 Å². The van der Waals surface area contributed by atoms with Crippen LogP contribution in [0, 0.1) is 0 Å². The molecule has 0 rings (SSSR count). The Balaban J connectivity index is 3.48. The second-order valence-electron chi connectivity index (χ2n) is 22.8. The molecule has 6 heteroatoms. The molecule has 0 aromatic carbocycles. The van der Waals surface area contributed by atoms with E-state index in [4.69, 9.17) is 0 Å². The Bertz CT molecular complexity index is 979. The fraction of sp³-hybridized carbons (Fsp3) is 0.984. The summed E-state index contributed by atoms with van der Waals surface area (Å²) in [5.41, 5.74) is 0. The molecule has 0 spiro atoms. The minimum atomic E-state index is -1.25. The summed E-state index contributed by atoms with van der Waals surface area (Å²) in [5, 5.41) is 44.1. The molecular weight excluding hydrogens is 863 g/mol. The summed E-state index contributed by atoms with van der Waals surface area (Å²) in [6, 6.07) is -0.981. The molecule has 0 aromatic heterocycles. The molecule has 0 aliphatic rings. The molecule has 0 saturated carbocycles. The summed E-state index contributed by atoms with van der Waals surface area (Å²) in [5.74, 6) is -0.574. The number of unbranched alkanes of at least 4 members (excludes halogenated alkanes) is 52. The van der Waals surface area contributed by atoms with Crippen molar-refractivity contribution in [2.24, 2.45) is 0 Å². The number of hydrogen-bond acceptors (Lipinski definition) is 5. The summed E-state index contributed by atoms with van der Waals surface area (Å²) in [6.45, 7) is 4.11. The SMILES string of the molecule is CCCCCCCCCCCCCCCCCCCCCCCCCCCCCCCCCCCCCCC(O)C(=O)NC(CO)C(O)C(O)CCCCCCCCCCCCCCCCCCCC. The van der Waals surface area contributed by atoms with Gasteiger partial charge in [0.25, 0.3) is 0 Å². The van der Waals surface area contributed by atoms with Crippen LogP contribution in [0.25, 0.3) is 0 Å². The second kappa shape index (κ2) is 59.2. The highest BCUT2D eigenvalue weighted by atomic mass is 16.3. The molecule has 0 saturated heterocycles. The normalized spacial score (nSPS) is 13.5. The van der Waals surface area contributed by atoms with Crippen LogP contribution in [0.2, 0.25) is 0 Å². The van der Waals surface area contributed by atoms with Gasteiger partial charge in [-0.05, 0) is 12.8 Å². The first-order chi connectivity index (χ1) is 34.5. The highest BCUT2D eigenvalue weighted by molar-refractivity contribution is 5.80. The Hall–Kier alpha value is -0.690. The summed E-state index contributed by atoms with van der Waals surface area (Å²) >= 11 is 0. The fourth-order valence-corrected chi connectivity index (χ4v) is 10.8. The van der Waals surface area contributed by atoms with Crippen LogP contribution in [-0.2, 0) is 4.79 Å². The number of nitrogens with one attached hydrogen (secondary N) is 1. The van der Waals surface area contributed by atoms with Gasteiger partial charge >= 0.3 is 0 Å². The summed E-state index contributed by atoms with van der Waals surface area (Å²) < 4.78 is 0. The van der Waals surface area contributed by atoms with Gasteiger partial charge in [0.15, 0.2) is 0 Å². The topological polar surface area (TPSA) is 110 Å². The van der Waals surface area contributed by atoms with Gasteiger partial charge in [0, 0.05) is 0 Å². The zero-order valence-electron chi connectivity index (χ0n) is 47.8. The first-order valence-corrected chi connectivity index (χ1v) is 32.4. The Morgan fingerprint density at radius 2 is 0.486 bits per heavy atom. The van der Waals surface area contributed by atoms with E-state index < -0.39 is 36.9 Å². The van der Waals surface area contributed by atoms with Crippen molar-refractivity contribution < 1.29 is 25.2 Å². The molecule has 1 amide bonds. The molecule has 70 heavy (non-hydrogen) atoms. The summed E-state index contributed by atoms with van der Waals surface area (Å²) in [7, 11) is 0. The van der Waals surface area contributed by atoms with Gasteiger partial charge in [-0.2, -0.15) is 0 Å². The largest absolute Gasteiger partial charge is 0.394 e. The highest BCUT2D eigenvalue weighted by Crippen LogP contribution is 2.20. The van der Waals surface area contributed by atoms with E-state index in [-0.39, 0.29) is 0 Å². The molecule has 0 heterocycles. The van der Waals surface area contributed by atoms with Gasteiger partial charge in [-0.3, -0.25) is 4.79 Å². The average Bonchev–Trinajstić information content (AvgIpc) is 3.36. The number of aliphatic hydroxyl groups is 4. The summed E-state index contributed by atoms with van der Waals surface area (Å²) in [6.07, 6.45) is 70.7. The third-order valence-corrected chi connectivity index (χ3v) is 15.8. The number of amides is 1. The van der Waals surface area contributed by atoms with Crippen LogP contribution in [-0.4, -0.2) is 57.3 Å². The van der Waals surface area contributed by atoms with E-state index in [2.05, 4.69) is 19.2 Å². The van der Waals surface area contributed by atoms with Gasteiger partial charge in [-0.15, -0.1) is 0 Å². The third-order valence-electron chi connectivity index (χ3n) is 15.8. The smallest absolute Gasteiger partial charge is 0.249 e. The van der Waals surface area contributed by atoms with Crippen molar-refractivity contribution in [3.05, 3.63) is 0 Å². The highest BCUT2D eigenvalue weighted by Gasteiger charge is 2.28. The van der Waals surface area contributed by atoms with Crippen LogP contribution in [0.5, 0.6) is 0 Å². The van der Waals surface area contributed by atoms with Crippen molar-refractivity contribution in [1.29, 1.82) is 0 Å². The van der Waals surface area contributed by atoms with Crippen LogP contribution < -0.4 is 5.32 Å². The van der Waals surface area contributed by atoms with Gasteiger partial charge in [-0.1, -0.05) is 361 Å². The van der Waals surface area contributed by atoms with Crippen LogP contribution >= 0.6 is 0 Å². The molecule has 4 unspecified atom stereocenters. The monoisotopic (exact) mass is 992 g/mol. The first-order valence-electron chi connectivity index (χ1n) is 32.4. The van der Waals surface area contributed by atoms with Gasteiger partial charge < -0.3 is 25.7 Å². The van der Waals surface area contributed by atoms with Crippen molar-refractivity contribution in [2.75, 3.05) is 6.61 Å². The molecule has 0 aliphatic carbocycles. The molecule has 6 nitrogen and oxygen atoms in total. The third kappa shape index (κ3) is 52.2. The van der Waals surface area contributed by atoms with Gasteiger partial charge in [0.05, 0.1) is 18.8 Å². The van der Waals surface area contributed by atoms with E-state index >= 15 is 0 Å². The predicted octanol–water partition coefficient (Wildman–Crippen LogP) is 19.4. The van der Waals surface area contributed by atoms with Gasteiger partial charge in [-0.25, -0.2) is 0 Å². The Morgan fingerprint density at radius 3 is 0.686 bits per heavy atom. The molecule has 0 fully saturated rings. The van der Waals surface area contributed by atoms with E-state index in [1.54, 1.807) is 0 Å². The Morgan fingerprint density at radius 1 is 0.300 bits per heavy atom. The van der Waals surface area contributed by atoms with E-state index in [0.29, 0.717) is 12.8 Å². The summed E-state index contributed by atoms with van der Waals surface area (Å²) in [4.78, 5) is 12.6. The van der Waals surface area contributed by atoms with Crippen molar-refractivity contribution >= 4 is 5.91 Å². The molecule has 0 radical (unpaired) electrons. The maximum Gasteiger partial charge on any atom is 0.249 e. The van der Waals surface area contributed by atoms with Crippen LogP contribution in [0.3, 0.4) is 0 Å². The molecule has 0 bridgehead atoms. The minimum Gasteiger partial charge on any atom is -0.394 e. The maximum atomic E-state index is 12.6. The quantitative estimate of drug-likeness (QED) is 0.0390. The average molecular weight is 993 g/mol. The van der Waals surface area contributed by atoms with E-state index in [1.165, 1.54) is 308 Å². The van der Waals surface area contributed by atoms with Crippen molar-refractivity contribution in [3.8, 4) is 0 Å². The molecule has 5 N–H and O–H groups in total. The van der Waals surface area contributed by atoms with E-state index in [0.717, 1.165) is 38.5 Å². The second-order valence-corrected chi connectivity index (χ2v) is 22.8. The van der Waals surface area contributed by atoms with Crippen molar-refractivity contribution in [3.63, 3.8) is 0 Å². The zero-order chi connectivity index (χ0) is 50.9. The van der Waals surface area contributed by atoms with Crippen molar-refractivity contribution in [1.82, 2.24) is 5.32 Å². The maximum absolute atomic E-state index is 12.6. The molecule has 0 aromatic rings. The molecular formula is C64H129NO5. The molecule has 420 valence electrons. The van der Waals surface area contributed by atoms with Crippen LogP contribution in [0.15, 0.2) is 0 Å². The van der Waals surface area contributed by atoms with Gasteiger partial charge in [0.1, 0.15) is 12.2 Å². The Kier molecular flexibility index (Phi) is 58.6. The lowest BCUT2D eigenvalue weighted by atomic mass is 9.99.